The van der Waals surface area contributed by atoms with Crippen LogP contribution in [0.1, 0.15) is 12.5 Å². The highest BCUT2D eigenvalue weighted by Gasteiger charge is 1.96. The third-order valence-corrected chi connectivity index (χ3v) is 3.17. The molecular weight excluding hydrogens is 242 g/mol. The fourth-order valence-corrected chi connectivity index (χ4v) is 1.84. The SMILES string of the molecule is C/C=C/C=C/C(=O)NCCc1ccc(SC)cc1. The maximum absolute atomic E-state index is 11.4. The Hall–Kier alpha value is -1.48. The summed E-state index contributed by atoms with van der Waals surface area (Å²) in [5.41, 5.74) is 1.24. The Morgan fingerprint density at radius 3 is 2.61 bits per heavy atom. The van der Waals surface area contributed by atoms with E-state index in [1.807, 2.05) is 19.1 Å². The molecule has 0 aromatic heterocycles. The van der Waals surface area contributed by atoms with Gasteiger partial charge in [0.05, 0.1) is 0 Å². The number of hydrogen-bond donors (Lipinski definition) is 1. The molecule has 2 nitrogen and oxygen atoms in total. The lowest BCUT2D eigenvalue weighted by Gasteiger charge is -2.03. The van der Waals surface area contributed by atoms with Gasteiger partial charge in [0.15, 0.2) is 0 Å². The van der Waals surface area contributed by atoms with E-state index in [0.29, 0.717) is 6.54 Å². The number of thioether (sulfide) groups is 1. The average Bonchev–Trinajstić information content (AvgIpc) is 2.40. The molecule has 96 valence electrons. The summed E-state index contributed by atoms with van der Waals surface area (Å²) in [5, 5.41) is 2.85. The summed E-state index contributed by atoms with van der Waals surface area (Å²) >= 11 is 1.73. The minimum atomic E-state index is -0.0474. The third-order valence-electron chi connectivity index (χ3n) is 2.42. The van der Waals surface area contributed by atoms with Gasteiger partial charge >= 0.3 is 0 Å². The molecule has 0 aliphatic rings. The first-order valence-electron chi connectivity index (χ1n) is 5.96. The van der Waals surface area contributed by atoms with Gasteiger partial charge in [-0.3, -0.25) is 4.79 Å². The average molecular weight is 261 g/mol. The van der Waals surface area contributed by atoms with Crippen molar-refractivity contribution in [2.24, 2.45) is 0 Å². The molecule has 0 bridgehead atoms. The van der Waals surface area contributed by atoms with E-state index in [0.717, 1.165) is 6.42 Å². The molecule has 0 aliphatic heterocycles. The van der Waals surface area contributed by atoms with Crippen molar-refractivity contribution in [1.29, 1.82) is 0 Å². The van der Waals surface area contributed by atoms with Crippen molar-refractivity contribution in [2.75, 3.05) is 12.8 Å². The molecule has 18 heavy (non-hydrogen) atoms. The molecule has 0 radical (unpaired) electrons. The second-order valence-electron chi connectivity index (χ2n) is 3.77. The van der Waals surface area contributed by atoms with E-state index in [4.69, 9.17) is 0 Å². The van der Waals surface area contributed by atoms with Gasteiger partial charge in [-0.05, 0) is 37.3 Å². The Morgan fingerprint density at radius 2 is 2.00 bits per heavy atom. The van der Waals surface area contributed by atoms with Gasteiger partial charge < -0.3 is 5.32 Å². The number of allylic oxidation sites excluding steroid dienone is 3. The van der Waals surface area contributed by atoms with Gasteiger partial charge in [0.25, 0.3) is 0 Å². The van der Waals surface area contributed by atoms with Gasteiger partial charge in [-0.25, -0.2) is 0 Å². The van der Waals surface area contributed by atoms with Crippen molar-refractivity contribution in [1.82, 2.24) is 5.32 Å². The lowest BCUT2D eigenvalue weighted by Crippen LogP contribution is -2.23. The van der Waals surface area contributed by atoms with Crippen molar-refractivity contribution in [3.8, 4) is 0 Å². The largest absolute Gasteiger partial charge is 0.352 e. The highest BCUT2D eigenvalue weighted by atomic mass is 32.2. The van der Waals surface area contributed by atoms with Gasteiger partial charge in [0.2, 0.25) is 5.91 Å². The zero-order chi connectivity index (χ0) is 13.2. The Morgan fingerprint density at radius 1 is 1.28 bits per heavy atom. The summed E-state index contributed by atoms with van der Waals surface area (Å²) in [6.07, 6.45) is 9.92. The summed E-state index contributed by atoms with van der Waals surface area (Å²) in [6, 6.07) is 8.42. The molecule has 0 saturated carbocycles. The first-order chi connectivity index (χ1) is 8.76. The molecule has 0 saturated heterocycles. The molecule has 0 atom stereocenters. The summed E-state index contributed by atoms with van der Waals surface area (Å²) in [4.78, 5) is 12.6. The number of nitrogens with one attached hydrogen (secondary N) is 1. The summed E-state index contributed by atoms with van der Waals surface area (Å²) in [6.45, 7) is 2.58. The second-order valence-corrected chi connectivity index (χ2v) is 4.65. The van der Waals surface area contributed by atoms with E-state index in [2.05, 4.69) is 35.8 Å². The fourth-order valence-electron chi connectivity index (χ4n) is 1.44. The lowest BCUT2D eigenvalue weighted by atomic mass is 10.1. The molecular formula is C15H19NOS. The monoisotopic (exact) mass is 261 g/mol. The van der Waals surface area contributed by atoms with Gasteiger partial charge in [-0.15, -0.1) is 11.8 Å². The van der Waals surface area contributed by atoms with E-state index >= 15 is 0 Å². The molecule has 1 N–H and O–H groups in total. The van der Waals surface area contributed by atoms with Crippen LogP contribution in [0.15, 0.2) is 53.5 Å². The topological polar surface area (TPSA) is 29.1 Å². The number of carbonyl (C=O) groups is 1. The summed E-state index contributed by atoms with van der Waals surface area (Å²) < 4.78 is 0. The van der Waals surface area contributed by atoms with Crippen LogP contribution in [0.25, 0.3) is 0 Å². The van der Waals surface area contributed by atoms with E-state index in [-0.39, 0.29) is 5.91 Å². The Labute approximate surface area is 113 Å². The van der Waals surface area contributed by atoms with Crippen molar-refractivity contribution in [2.45, 2.75) is 18.2 Å². The van der Waals surface area contributed by atoms with Crippen LogP contribution >= 0.6 is 11.8 Å². The van der Waals surface area contributed by atoms with Crippen LogP contribution in [0.4, 0.5) is 0 Å². The predicted molar refractivity (Wildman–Crippen MR) is 78.9 cm³/mol. The lowest BCUT2D eigenvalue weighted by molar-refractivity contribution is -0.116. The maximum atomic E-state index is 11.4. The van der Waals surface area contributed by atoms with E-state index < -0.39 is 0 Å². The van der Waals surface area contributed by atoms with Crippen LogP contribution in [0.5, 0.6) is 0 Å². The van der Waals surface area contributed by atoms with Gasteiger partial charge in [0, 0.05) is 17.5 Å². The first-order valence-corrected chi connectivity index (χ1v) is 7.19. The smallest absolute Gasteiger partial charge is 0.243 e. The van der Waals surface area contributed by atoms with Crippen LogP contribution in [-0.2, 0) is 11.2 Å². The predicted octanol–water partition coefficient (Wildman–Crippen LogP) is 3.20. The number of amides is 1. The van der Waals surface area contributed by atoms with Crippen molar-refractivity contribution < 1.29 is 4.79 Å². The molecule has 0 heterocycles. The minimum absolute atomic E-state index is 0.0474. The molecule has 1 aromatic rings. The Kier molecular flexibility index (Phi) is 6.96. The molecule has 1 aromatic carbocycles. The number of carbonyl (C=O) groups excluding carboxylic acids is 1. The maximum Gasteiger partial charge on any atom is 0.243 e. The molecule has 0 aliphatic carbocycles. The molecule has 1 rings (SSSR count). The van der Waals surface area contributed by atoms with Crippen LogP contribution in [-0.4, -0.2) is 18.7 Å². The second kappa shape index (κ2) is 8.59. The first kappa shape index (κ1) is 14.6. The quantitative estimate of drug-likeness (QED) is 0.484. The van der Waals surface area contributed by atoms with Crippen molar-refractivity contribution >= 4 is 17.7 Å². The molecule has 0 fully saturated rings. The van der Waals surface area contributed by atoms with Gasteiger partial charge in [-0.2, -0.15) is 0 Å². The van der Waals surface area contributed by atoms with Crippen LogP contribution < -0.4 is 5.32 Å². The van der Waals surface area contributed by atoms with Crippen LogP contribution in [0, 0.1) is 0 Å². The Bertz CT molecular complexity index is 421. The number of hydrogen-bond acceptors (Lipinski definition) is 2. The highest BCUT2D eigenvalue weighted by molar-refractivity contribution is 7.98. The highest BCUT2D eigenvalue weighted by Crippen LogP contribution is 2.14. The zero-order valence-electron chi connectivity index (χ0n) is 10.8. The van der Waals surface area contributed by atoms with E-state index in [1.54, 1.807) is 17.8 Å². The number of rotatable bonds is 6. The minimum Gasteiger partial charge on any atom is -0.352 e. The van der Waals surface area contributed by atoms with Crippen molar-refractivity contribution in [3.05, 3.63) is 54.1 Å². The summed E-state index contributed by atoms with van der Waals surface area (Å²) in [7, 11) is 0. The number of benzene rings is 1. The molecule has 3 heteroatoms. The fraction of sp³-hybridized carbons (Fsp3) is 0.267. The Balaban J connectivity index is 2.30. The molecule has 0 unspecified atom stereocenters. The van der Waals surface area contributed by atoms with E-state index in [1.165, 1.54) is 16.5 Å². The van der Waals surface area contributed by atoms with Gasteiger partial charge in [-0.1, -0.05) is 30.4 Å². The van der Waals surface area contributed by atoms with Crippen molar-refractivity contribution in [3.63, 3.8) is 0 Å². The zero-order valence-corrected chi connectivity index (χ0v) is 11.7. The van der Waals surface area contributed by atoms with Crippen LogP contribution in [0.3, 0.4) is 0 Å². The molecule has 1 amide bonds. The normalized spacial score (nSPS) is 11.2. The third kappa shape index (κ3) is 5.73. The van der Waals surface area contributed by atoms with E-state index in [9.17, 15) is 4.79 Å². The summed E-state index contributed by atoms with van der Waals surface area (Å²) in [5.74, 6) is -0.0474. The molecule has 0 spiro atoms. The van der Waals surface area contributed by atoms with Crippen LogP contribution in [0.2, 0.25) is 0 Å². The van der Waals surface area contributed by atoms with Gasteiger partial charge in [0.1, 0.15) is 0 Å². The standard InChI is InChI=1S/C15H19NOS/c1-3-4-5-6-15(17)16-12-11-13-7-9-14(18-2)10-8-13/h3-10H,11-12H2,1-2H3,(H,16,17)/b4-3+,6-5+.